The highest BCUT2D eigenvalue weighted by Gasteiger charge is 2.09. The van der Waals surface area contributed by atoms with Gasteiger partial charge >= 0.3 is 0 Å². The lowest BCUT2D eigenvalue weighted by atomic mass is 9.99. The van der Waals surface area contributed by atoms with Crippen LogP contribution in [0.2, 0.25) is 0 Å². The van der Waals surface area contributed by atoms with E-state index >= 15 is 0 Å². The topological polar surface area (TPSA) is 9.23 Å². The minimum Gasteiger partial charge on any atom is -0.498 e. The standard InChI is InChI=1S/C15H28O/c1-3-4-5-6-7-10-13-16-15-12-9-8-11-14(15)2/h3-13H2,1-2H3. The lowest BCUT2D eigenvalue weighted by molar-refractivity contribution is 0.185. The van der Waals surface area contributed by atoms with Crippen molar-refractivity contribution in [3.8, 4) is 0 Å². The molecule has 0 amide bonds. The van der Waals surface area contributed by atoms with Gasteiger partial charge < -0.3 is 4.74 Å². The fraction of sp³-hybridized carbons (Fsp3) is 0.867. The van der Waals surface area contributed by atoms with Crippen LogP contribution < -0.4 is 0 Å². The Morgan fingerprint density at radius 1 is 0.938 bits per heavy atom. The zero-order valence-corrected chi connectivity index (χ0v) is 11.2. The van der Waals surface area contributed by atoms with Gasteiger partial charge in [0.25, 0.3) is 0 Å². The van der Waals surface area contributed by atoms with E-state index in [0.717, 1.165) is 6.61 Å². The van der Waals surface area contributed by atoms with E-state index in [-0.39, 0.29) is 0 Å². The molecule has 1 aliphatic carbocycles. The molecule has 0 heterocycles. The first-order valence-corrected chi connectivity index (χ1v) is 7.16. The van der Waals surface area contributed by atoms with Gasteiger partial charge in [0.05, 0.1) is 12.4 Å². The molecule has 1 rings (SSSR count). The minimum absolute atomic E-state index is 0.943. The van der Waals surface area contributed by atoms with Gasteiger partial charge in [-0.25, -0.2) is 0 Å². The molecule has 94 valence electrons. The van der Waals surface area contributed by atoms with E-state index in [1.54, 1.807) is 0 Å². The summed E-state index contributed by atoms with van der Waals surface area (Å²) in [5.74, 6) is 1.31. The minimum atomic E-state index is 0.943. The quantitative estimate of drug-likeness (QED) is 0.514. The van der Waals surface area contributed by atoms with Crippen molar-refractivity contribution in [3.63, 3.8) is 0 Å². The number of rotatable bonds is 8. The maximum Gasteiger partial charge on any atom is 0.0948 e. The average molecular weight is 224 g/mol. The second-order valence-electron chi connectivity index (χ2n) is 5.03. The first-order valence-electron chi connectivity index (χ1n) is 7.16. The van der Waals surface area contributed by atoms with Gasteiger partial charge in [0.1, 0.15) is 0 Å². The lowest BCUT2D eigenvalue weighted by Crippen LogP contribution is -2.03. The second kappa shape index (κ2) is 8.66. The molecule has 0 saturated heterocycles. The summed E-state index contributed by atoms with van der Waals surface area (Å²) in [5.41, 5.74) is 1.50. The summed E-state index contributed by atoms with van der Waals surface area (Å²) in [6, 6.07) is 0. The summed E-state index contributed by atoms with van der Waals surface area (Å²) < 4.78 is 5.88. The van der Waals surface area contributed by atoms with Crippen molar-refractivity contribution in [1.29, 1.82) is 0 Å². The first kappa shape index (κ1) is 13.6. The van der Waals surface area contributed by atoms with Gasteiger partial charge in [0.15, 0.2) is 0 Å². The number of ether oxygens (including phenoxy) is 1. The molecule has 1 nitrogen and oxygen atoms in total. The number of hydrogen-bond acceptors (Lipinski definition) is 1. The van der Waals surface area contributed by atoms with Crippen molar-refractivity contribution in [3.05, 3.63) is 11.3 Å². The zero-order valence-electron chi connectivity index (χ0n) is 11.2. The molecular formula is C15H28O. The van der Waals surface area contributed by atoms with Crippen molar-refractivity contribution in [2.24, 2.45) is 0 Å². The van der Waals surface area contributed by atoms with Crippen LogP contribution in [0.4, 0.5) is 0 Å². The molecule has 0 fully saturated rings. The monoisotopic (exact) mass is 224 g/mol. The van der Waals surface area contributed by atoms with Gasteiger partial charge in [-0.3, -0.25) is 0 Å². The number of unbranched alkanes of at least 4 members (excludes halogenated alkanes) is 5. The predicted molar refractivity (Wildman–Crippen MR) is 70.5 cm³/mol. The Bertz CT molecular complexity index is 205. The number of hydrogen-bond donors (Lipinski definition) is 0. The van der Waals surface area contributed by atoms with Gasteiger partial charge in [-0.2, -0.15) is 0 Å². The van der Waals surface area contributed by atoms with Crippen LogP contribution in [0.5, 0.6) is 0 Å². The van der Waals surface area contributed by atoms with Crippen LogP contribution >= 0.6 is 0 Å². The van der Waals surface area contributed by atoms with Crippen LogP contribution in [-0.2, 0) is 4.74 Å². The van der Waals surface area contributed by atoms with E-state index in [9.17, 15) is 0 Å². The van der Waals surface area contributed by atoms with Crippen molar-refractivity contribution < 1.29 is 4.74 Å². The van der Waals surface area contributed by atoms with Crippen molar-refractivity contribution >= 4 is 0 Å². The Hall–Kier alpha value is -0.460. The van der Waals surface area contributed by atoms with E-state index in [1.165, 1.54) is 75.5 Å². The third kappa shape index (κ3) is 5.58. The molecule has 1 aliphatic rings. The molecule has 0 aromatic heterocycles. The smallest absolute Gasteiger partial charge is 0.0948 e. The summed E-state index contributed by atoms with van der Waals surface area (Å²) in [4.78, 5) is 0. The Labute approximate surface area is 101 Å². The lowest BCUT2D eigenvalue weighted by Gasteiger charge is -2.18. The summed E-state index contributed by atoms with van der Waals surface area (Å²) in [5, 5.41) is 0. The van der Waals surface area contributed by atoms with Crippen molar-refractivity contribution in [2.45, 2.75) is 78.1 Å². The molecule has 0 aromatic rings. The van der Waals surface area contributed by atoms with Gasteiger partial charge in [-0.1, -0.05) is 39.0 Å². The molecular weight excluding hydrogens is 196 g/mol. The molecule has 0 bridgehead atoms. The van der Waals surface area contributed by atoms with E-state index in [1.807, 2.05) is 0 Å². The normalized spacial score (nSPS) is 16.6. The molecule has 0 radical (unpaired) electrons. The van der Waals surface area contributed by atoms with E-state index in [2.05, 4.69) is 13.8 Å². The highest BCUT2D eigenvalue weighted by Crippen LogP contribution is 2.25. The molecule has 0 aromatic carbocycles. The Kier molecular flexibility index (Phi) is 7.37. The van der Waals surface area contributed by atoms with Crippen molar-refractivity contribution in [1.82, 2.24) is 0 Å². The molecule has 0 saturated carbocycles. The van der Waals surface area contributed by atoms with Crippen molar-refractivity contribution in [2.75, 3.05) is 6.61 Å². The van der Waals surface area contributed by atoms with Gasteiger partial charge in [0, 0.05) is 6.42 Å². The summed E-state index contributed by atoms with van der Waals surface area (Å²) >= 11 is 0. The van der Waals surface area contributed by atoms with Gasteiger partial charge in [0.2, 0.25) is 0 Å². The summed E-state index contributed by atoms with van der Waals surface area (Å²) in [7, 11) is 0. The summed E-state index contributed by atoms with van der Waals surface area (Å²) in [6.07, 6.45) is 13.2. The van der Waals surface area contributed by atoms with Crippen LogP contribution in [0.15, 0.2) is 11.3 Å². The Balaban J connectivity index is 1.98. The highest BCUT2D eigenvalue weighted by atomic mass is 16.5. The largest absolute Gasteiger partial charge is 0.498 e. The molecule has 0 unspecified atom stereocenters. The van der Waals surface area contributed by atoms with Gasteiger partial charge in [-0.15, -0.1) is 0 Å². The van der Waals surface area contributed by atoms with Gasteiger partial charge in [-0.05, 0) is 38.2 Å². The third-order valence-electron chi connectivity index (χ3n) is 3.46. The van der Waals surface area contributed by atoms with Crippen LogP contribution in [-0.4, -0.2) is 6.61 Å². The zero-order chi connectivity index (χ0) is 11.6. The fourth-order valence-corrected chi connectivity index (χ4v) is 2.30. The fourth-order valence-electron chi connectivity index (χ4n) is 2.30. The Morgan fingerprint density at radius 3 is 2.38 bits per heavy atom. The van der Waals surface area contributed by atoms with Crippen LogP contribution in [0, 0.1) is 0 Å². The highest BCUT2D eigenvalue weighted by molar-refractivity contribution is 5.08. The molecule has 0 aliphatic heterocycles. The molecule has 0 N–H and O–H groups in total. The Morgan fingerprint density at radius 2 is 1.62 bits per heavy atom. The number of allylic oxidation sites excluding steroid dienone is 2. The first-order chi connectivity index (χ1) is 7.84. The molecule has 16 heavy (non-hydrogen) atoms. The van der Waals surface area contributed by atoms with E-state index < -0.39 is 0 Å². The van der Waals surface area contributed by atoms with Crippen LogP contribution in [0.3, 0.4) is 0 Å². The second-order valence-corrected chi connectivity index (χ2v) is 5.03. The maximum atomic E-state index is 5.88. The maximum absolute atomic E-state index is 5.88. The molecule has 0 spiro atoms. The van der Waals surface area contributed by atoms with Crippen LogP contribution in [0.1, 0.15) is 78.1 Å². The predicted octanol–water partition coefficient (Wildman–Crippen LogP) is 5.21. The summed E-state index contributed by atoms with van der Waals surface area (Å²) in [6.45, 7) is 5.44. The molecule has 1 heteroatoms. The average Bonchev–Trinajstić information content (AvgIpc) is 2.30. The third-order valence-corrected chi connectivity index (χ3v) is 3.46. The SMILES string of the molecule is CCCCCCCCOC1=C(C)CCCC1. The van der Waals surface area contributed by atoms with E-state index in [0.29, 0.717) is 0 Å². The molecule has 0 atom stereocenters. The van der Waals surface area contributed by atoms with Crippen LogP contribution in [0.25, 0.3) is 0 Å². The van der Waals surface area contributed by atoms with E-state index in [4.69, 9.17) is 4.74 Å².